The van der Waals surface area contributed by atoms with Crippen LogP contribution in [0.15, 0.2) is 76.1 Å². The Balaban J connectivity index is 1.32. The van der Waals surface area contributed by atoms with E-state index in [4.69, 9.17) is 9.47 Å². The maximum absolute atomic E-state index is 12.4. The second kappa shape index (κ2) is 9.09. The quantitative estimate of drug-likeness (QED) is 0.514. The lowest BCUT2D eigenvalue weighted by Gasteiger charge is -2.09. The van der Waals surface area contributed by atoms with E-state index in [1.165, 1.54) is 12.1 Å². The molecular weight excluding hydrogens is 484 g/mol. The highest BCUT2D eigenvalue weighted by Crippen LogP contribution is 2.32. The van der Waals surface area contributed by atoms with Crippen molar-refractivity contribution in [2.24, 2.45) is 0 Å². The molecule has 1 amide bonds. The monoisotopic (exact) mass is 502 g/mol. The van der Waals surface area contributed by atoms with E-state index in [9.17, 15) is 13.2 Å². The van der Waals surface area contributed by atoms with Crippen LogP contribution in [0.25, 0.3) is 0 Å². The number of benzene rings is 3. The van der Waals surface area contributed by atoms with Gasteiger partial charge in [0.05, 0.1) is 4.90 Å². The van der Waals surface area contributed by atoms with Crippen LogP contribution in [0, 0.1) is 0 Å². The lowest BCUT2D eigenvalue weighted by Crippen LogP contribution is -2.24. The van der Waals surface area contributed by atoms with Crippen molar-refractivity contribution in [1.29, 1.82) is 0 Å². The van der Waals surface area contributed by atoms with Crippen molar-refractivity contribution in [2.75, 3.05) is 6.79 Å². The molecule has 3 aromatic rings. The van der Waals surface area contributed by atoms with E-state index in [-0.39, 0.29) is 24.1 Å². The highest BCUT2D eigenvalue weighted by molar-refractivity contribution is 9.10. The Morgan fingerprint density at radius 3 is 2.29 bits per heavy atom. The predicted molar refractivity (Wildman–Crippen MR) is 118 cm³/mol. The normalized spacial score (nSPS) is 12.5. The Morgan fingerprint density at radius 1 is 0.871 bits per heavy atom. The summed E-state index contributed by atoms with van der Waals surface area (Å²) in [4.78, 5) is 12.6. The van der Waals surface area contributed by atoms with E-state index in [0.717, 1.165) is 15.6 Å². The summed E-state index contributed by atoms with van der Waals surface area (Å²) in [7, 11) is -3.61. The Morgan fingerprint density at radius 2 is 1.55 bits per heavy atom. The van der Waals surface area contributed by atoms with Crippen molar-refractivity contribution >= 4 is 31.9 Å². The molecule has 4 rings (SSSR count). The number of carbonyl (C=O) groups is 1. The Bertz CT molecular complexity index is 1200. The smallest absolute Gasteiger partial charge is 0.251 e. The van der Waals surface area contributed by atoms with Gasteiger partial charge in [-0.25, -0.2) is 13.1 Å². The van der Waals surface area contributed by atoms with Gasteiger partial charge in [0.25, 0.3) is 5.91 Å². The average Bonchev–Trinajstić information content (AvgIpc) is 3.25. The van der Waals surface area contributed by atoms with Gasteiger partial charge < -0.3 is 14.8 Å². The summed E-state index contributed by atoms with van der Waals surface area (Å²) in [6.45, 7) is 0.679. The largest absolute Gasteiger partial charge is 0.454 e. The Labute approximate surface area is 188 Å². The fourth-order valence-corrected chi connectivity index (χ4v) is 4.27. The highest BCUT2D eigenvalue weighted by Gasteiger charge is 2.15. The molecule has 9 heteroatoms. The Hall–Kier alpha value is -2.88. The first-order valence-corrected chi connectivity index (χ1v) is 11.7. The number of rotatable bonds is 7. The molecule has 0 saturated carbocycles. The number of sulfonamides is 1. The van der Waals surface area contributed by atoms with Crippen molar-refractivity contribution in [3.05, 3.63) is 87.9 Å². The summed E-state index contributed by atoms with van der Waals surface area (Å²) >= 11 is 3.28. The van der Waals surface area contributed by atoms with Gasteiger partial charge in [0.1, 0.15) is 0 Å². The van der Waals surface area contributed by atoms with Crippen LogP contribution >= 0.6 is 15.9 Å². The van der Waals surface area contributed by atoms with Gasteiger partial charge in [-0.05, 0) is 59.7 Å². The molecule has 2 N–H and O–H groups in total. The molecule has 1 aliphatic rings. The highest BCUT2D eigenvalue weighted by atomic mass is 79.9. The third-order valence-corrected chi connectivity index (χ3v) is 6.64. The van der Waals surface area contributed by atoms with Gasteiger partial charge in [-0.15, -0.1) is 0 Å². The minimum atomic E-state index is -3.61. The van der Waals surface area contributed by atoms with E-state index in [1.54, 1.807) is 36.4 Å². The fourth-order valence-electron chi connectivity index (χ4n) is 2.98. The van der Waals surface area contributed by atoms with Crippen LogP contribution in [0.3, 0.4) is 0 Å². The molecule has 0 saturated heterocycles. The molecule has 0 unspecified atom stereocenters. The second-order valence-corrected chi connectivity index (χ2v) is 9.53. The van der Waals surface area contributed by atoms with Crippen LogP contribution < -0.4 is 19.5 Å². The van der Waals surface area contributed by atoms with Gasteiger partial charge >= 0.3 is 0 Å². The van der Waals surface area contributed by atoms with Crippen LogP contribution in [0.4, 0.5) is 0 Å². The van der Waals surface area contributed by atoms with Gasteiger partial charge in [0.15, 0.2) is 11.5 Å². The van der Waals surface area contributed by atoms with Crippen LogP contribution in [0.1, 0.15) is 21.5 Å². The molecule has 0 atom stereocenters. The van der Waals surface area contributed by atoms with E-state index in [0.29, 0.717) is 23.6 Å². The first-order valence-electron chi connectivity index (χ1n) is 9.42. The molecule has 0 bridgehead atoms. The molecule has 0 radical (unpaired) electrons. The summed E-state index contributed by atoms with van der Waals surface area (Å²) < 4.78 is 38.7. The fraction of sp³-hybridized carbons (Fsp3) is 0.136. The summed E-state index contributed by atoms with van der Waals surface area (Å²) in [5.74, 6) is 1.14. The van der Waals surface area contributed by atoms with Crippen molar-refractivity contribution < 1.29 is 22.7 Å². The van der Waals surface area contributed by atoms with Crippen LogP contribution in [-0.2, 0) is 23.1 Å². The summed E-state index contributed by atoms with van der Waals surface area (Å²) in [6.07, 6.45) is 0. The molecule has 160 valence electrons. The lowest BCUT2D eigenvalue weighted by atomic mass is 10.1. The maximum Gasteiger partial charge on any atom is 0.251 e. The van der Waals surface area contributed by atoms with Gasteiger partial charge in [-0.1, -0.05) is 34.1 Å². The number of fused-ring (bicyclic) bond motifs is 1. The van der Waals surface area contributed by atoms with Crippen molar-refractivity contribution in [2.45, 2.75) is 18.0 Å². The number of hydrogen-bond acceptors (Lipinski definition) is 5. The average molecular weight is 503 g/mol. The number of carbonyl (C=O) groups excluding carboxylic acids is 1. The van der Waals surface area contributed by atoms with E-state index < -0.39 is 10.0 Å². The van der Waals surface area contributed by atoms with Crippen LogP contribution in [0.5, 0.6) is 11.5 Å². The molecule has 3 aromatic carbocycles. The summed E-state index contributed by atoms with van der Waals surface area (Å²) in [6, 6.07) is 18.7. The minimum Gasteiger partial charge on any atom is -0.454 e. The molecule has 1 heterocycles. The van der Waals surface area contributed by atoms with E-state index in [1.807, 2.05) is 18.2 Å². The number of ether oxygens (including phenoxy) is 2. The van der Waals surface area contributed by atoms with Gasteiger partial charge in [-0.3, -0.25) is 4.79 Å². The molecule has 31 heavy (non-hydrogen) atoms. The van der Waals surface area contributed by atoms with Crippen molar-refractivity contribution in [1.82, 2.24) is 10.0 Å². The second-order valence-electron chi connectivity index (χ2n) is 6.85. The van der Waals surface area contributed by atoms with Gasteiger partial charge in [-0.2, -0.15) is 0 Å². The van der Waals surface area contributed by atoms with Gasteiger partial charge in [0.2, 0.25) is 16.8 Å². The molecule has 1 aliphatic heterocycles. The molecule has 0 spiro atoms. The SMILES string of the molecule is O=C(NCc1ccc2c(c1)OCO2)c1ccc(CNS(=O)(=O)c2ccc(Br)cc2)cc1. The van der Waals surface area contributed by atoms with Crippen molar-refractivity contribution in [3.8, 4) is 11.5 Å². The number of halogens is 1. The molecule has 0 aliphatic carbocycles. The molecule has 0 aromatic heterocycles. The number of amides is 1. The molecular formula is C22H19BrN2O5S. The van der Waals surface area contributed by atoms with Crippen LogP contribution in [-0.4, -0.2) is 21.1 Å². The first kappa shape index (κ1) is 21.4. The van der Waals surface area contributed by atoms with Crippen molar-refractivity contribution in [3.63, 3.8) is 0 Å². The van der Waals surface area contributed by atoms with Crippen LogP contribution in [0.2, 0.25) is 0 Å². The zero-order valence-electron chi connectivity index (χ0n) is 16.3. The summed E-state index contributed by atoms with van der Waals surface area (Å²) in [5.41, 5.74) is 2.13. The van der Waals surface area contributed by atoms with E-state index >= 15 is 0 Å². The number of hydrogen-bond donors (Lipinski definition) is 2. The lowest BCUT2D eigenvalue weighted by molar-refractivity contribution is 0.0951. The third-order valence-electron chi connectivity index (χ3n) is 4.70. The molecule has 0 fully saturated rings. The van der Waals surface area contributed by atoms with E-state index in [2.05, 4.69) is 26.0 Å². The topological polar surface area (TPSA) is 93.7 Å². The standard InChI is InChI=1S/C22H19BrN2O5S/c23-18-6-8-19(9-7-18)31(27,28)25-13-15-1-4-17(5-2-15)22(26)24-12-16-3-10-20-21(11-16)30-14-29-20/h1-11,25H,12-14H2,(H,24,26). The third kappa shape index (κ3) is 5.25. The maximum atomic E-state index is 12.4. The summed E-state index contributed by atoms with van der Waals surface area (Å²) in [5, 5.41) is 2.86. The number of nitrogens with one attached hydrogen (secondary N) is 2. The zero-order chi connectivity index (χ0) is 21.8. The minimum absolute atomic E-state index is 0.123. The first-order chi connectivity index (χ1) is 14.9. The zero-order valence-corrected chi connectivity index (χ0v) is 18.7. The Kier molecular flexibility index (Phi) is 6.26. The van der Waals surface area contributed by atoms with Gasteiger partial charge in [0, 0.05) is 23.1 Å². The predicted octanol–water partition coefficient (Wildman–Crippen LogP) is 3.59. The molecule has 7 nitrogen and oxygen atoms in total.